The molecule has 0 aliphatic heterocycles. The van der Waals surface area contributed by atoms with Crippen LogP contribution in [0.2, 0.25) is 0 Å². The van der Waals surface area contributed by atoms with Crippen LogP contribution in [0.15, 0.2) is 72.8 Å². The maximum absolute atomic E-state index is 12.9. The van der Waals surface area contributed by atoms with E-state index in [-0.39, 0.29) is 23.8 Å². The molecule has 0 saturated heterocycles. The first-order valence-corrected chi connectivity index (χ1v) is 9.93. The standard InChI is InChI=1S/C24H20N2O6/c25-24(22(27)28,13-15-7-1-6-12-21(15)26(30)31)23(29)32-14-20-18-10-4-2-8-16(18)17-9-3-5-11-19(17)20/h1-12,20H,13-14,25H2,(H,27,28). The highest BCUT2D eigenvalue weighted by Gasteiger charge is 2.46. The number of nitrogens with zero attached hydrogens (tertiary/aromatic N) is 1. The van der Waals surface area contributed by atoms with Gasteiger partial charge in [0.1, 0.15) is 6.61 Å². The Labute approximate surface area is 183 Å². The van der Waals surface area contributed by atoms with Crippen molar-refractivity contribution in [1.82, 2.24) is 0 Å². The molecule has 0 aromatic heterocycles. The number of carboxylic acids is 1. The molecule has 3 N–H and O–H groups in total. The minimum Gasteiger partial charge on any atom is -0.479 e. The van der Waals surface area contributed by atoms with E-state index in [4.69, 9.17) is 10.5 Å². The van der Waals surface area contributed by atoms with E-state index in [1.807, 2.05) is 48.5 Å². The van der Waals surface area contributed by atoms with E-state index < -0.39 is 28.8 Å². The Morgan fingerprint density at radius 3 is 2.06 bits per heavy atom. The number of nitro benzene ring substituents is 1. The zero-order valence-corrected chi connectivity index (χ0v) is 16.9. The molecule has 1 unspecified atom stereocenters. The van der Waals surface area contributed by atoms with Gasteiger partial charge in [-0.2, -0.15) is 0 Å². The molecule has 0 saturated carbocycles. The van der Waals surface area contributed by atoms with Gasteiger partial charge < -0.3 is 15.6 Å². The summed E-state index contributed by atoms with van der Waals surface area (Å²) in [7, 11) is 0. The topological polar surface area (TPSA) is 133 Å². The Balaban J connectivity index is 1.59. The van der Waals surface area contributed by atoms with Crippen LogP contribution in [0.1, 0.15) is 22.6 Å². The molecular weight excluding hydrogens is 412 g/mol. The number of esters is 1. The van der Waals surface area contributed by atoms with Gasteiger partial charge in [-0.1, -0.05) is 66.7 Å². The predicted molar refractivity (Wildman–Crippen MR) is 116 cm³/mol. The van der Waals surface area contributed by atoms with E-state index in [2.05, 4.69) is 0 Å². The Morgan fingerprint density at radius 2 is 1.50 bits per heavy atom. The number of hydrogen-bond donors (Lipinski definition) is 2. The number of aliphatic carboxylic acids is 1. The van der Waals surface area contributed by atoms with Gasteiger partial charge in [0, 0.05) is 24.0 Å². The van der Waals surface area contributed by atoms with Crippen molar-refractivity contribution in [1.29, 1.82) is 0 Å². The number of nitrogens with two attached hydrogens (primary N) is 1. The fraction of sp³-hybridized carbons (Fsp3) is 0.167. The van der Waals surface area contributed by atoms with Crippen LogP contribution in [0, 0.1) is 10.1 Å². The number of nitro groups is 1. The van der Waals surface area contributed by atoms with Gasteiger partial charge in [-0.25, -0.2) is 9.59 Å². The Kier molecular flexibility index (Phi) is 5.46. The van der Waals surface area contributed by atoms with E-state index >= 15 is 0 Å². The van der Waals surface area contributed by atoms with Crippen LogP contribution in [-0.2, 0) is 20.7 Å². The van der Waals surface area contributed by atoms with E-state index in [1.54, 1.807) is 0 Å². The predicted octanol–water partition coefficient (Wildman–Crippen LogP) is 3.28. The lowest BCUT2D eigenvalue weighted by molar-refractivity contribution is -0.385. The molecule has 0 fully saturated rings. The lowest BCUT2D eigenvalue weighted by Gasteiger charge is -2.24. The minimum atomic E-state index is -2.47. The minimum absolute atomic E-state index is 0.0379. The summed E-state index contributed by atoms with van der Waals surface area (Å²) in [6.45, 7) is -0.101. The van der Waals surface area contributed by atoms with Gasteiger partial charge in [0.05, 0.1) is 4.92 Å². The van der Waals surface area contributed by atoms with Crippen LogP contribution in [-0.4, -0.2) is 34.1 Å². The molecule has 1 aliphatic carbocycles. The first kappa shape index (κ1) is 21.2. The third-order valence-electron chi connectivity index (χ3n) is 5.75. The highest BCUT2D eigenvalue weighted by atomic mass is 16.6. The van der Waals surface area contributed by atoms with Crippen molar-refractivity contribution in [3.63, 3.8) is 0 Å². The summed E-state index contributed by atoms with van der Waals surface area (Å²) < 4.78 is 5.42. The molecule has 0 spiro atoms. The van der Waals surface area contributed by atoms with Gasteiger partial charge in [-0.3, -0.25) is 10.1 Å². The third-order valence-corrected chi connectivity index (χ3v) is 5.75. The van der Waals surface area contributed by atoms with Gasteiger partial charge in [0.15, 0.2) is 0 Å². The van der Waals surface area contributed by atoms with Crippen LogP contribution in [0.3, 0.4) is 0 Å². The molecule has 0 amide bonds. The molecule has 1 aliphatic rings. The highest BCUT2D eigenvalue weighted by Crippen LogP contribution is 2.44. The van der Waals surface area contributed by atoms with Crippen molar-refractivity contribution >= 4 is 17.6 Å². The average Bonchev–Trinajstić information content (AvgIpc) is 3.11. The molecule has 4 rings (SSSR count). The summed E-state index contributed by atoms with van der Waals surface area (Å²) in [4.78, 5) is 35.5. The van der Waals surface area contributed by atoms with Crippen LogP contribution in [0.5, 0.6) is 0 Å². The lowest BCUT2D eigenvalue weighted by atomic mass is 9.91. The van der Waals surface area contributed by atoms with Crippen molar-refractivity contribution in [3.8, 4) is 11.1 Å². The number of carboxylic acid groups (broad SMARTS) is 1. The summed E-state index contributed by atoms with van der Waals surface area (Å²) >= 11 is 0. The second-order valence-corrected chi connectivity index (χ2v) is 7.66. The second kappa shape index (κ2) is 8.24. The summed E-state index contributed by atoms with van der Waals surface area (Å²) in [5.41, 5.74) is 7.22. The van der Waals surface area contributed by atoms with Gasteiger partial charge in [-0.15, -0.1) is 0 Å². The lowest BCUT2D eigenvalue weighted by Crippen LogP contribution is -2.57. The van der Waals surface area contributed by atoms with Crippen molar-refractivity contribution in [2.45, 2.75) is 17.9 Å². The largest absolute Gasteiger partial charge is 0.479 e. The van der Waals surface area contributed by atoms with Crippen molar-refractivity contribution < 1.29 is 24.4 Å². The maximum Gasteiger partial charge on any atom is 0.338 e. The number of carbonyl (C=O) groups excluding carboxylic acids is 1. The smallest absolute Gasteiger partial charge is 0.338 e. The van der Waals surface area contributed by atoms with Crippen molar-refractivity contribution in [3.05, 3.63) is 99.6 Å². The summed E-state index contributed by atoms with van der Waals surface area (Å²) in [6.07, 6.45) is -0.573. The fourth-order valence-electron chi connectivity index (χ4n) is 4.10. The van der Waals surface area contributed by atoms with Gasteiger partial charge >= 0.3 is 11.9 Å². The maximum atomic E-state index is 12.9. The number of fused-ring (bicyclic) bond motifs is 3. The first-order chi connectivity index (χ1) is 15.3. The highest BCUT2D eigenvalue weighted by molar-refractivity contribution is 6.04. The van der Waals surface area contributed by atoms with E-state index in [0.29, 0.717) is 0 Å². The molecule has 0 bridgehead atoms. The molecule has 162 valence electrons. The van der Waals surface area contributed by atoms with Gasteiger partial charge in [-0.05, 0) is 22.3 Å². The molecule has 8 nitrogen and oxygen atoms in total. The number of rotatable bonds is 7. The Morgan fingerprint density at radius 1 is 0.969 bits per heavy atom. The molecule has 0 radical (unpaired) electrons. The molecule has 3 aromatic carbocycles. The summed E-state index contributed by atoms with van der Waals surface area (Å²) in [6, 6.07) is 21.0. The van der Waals surface area contributed by atoms with E-state index in [1.165, 1.54) is 24.3 Å². The number of benzene rings is 3. The fourth-order valence-corrected chi connectivity index (χ4v) is 4.10. The van der Waals surface area contributed by atoms with Crippen LogP contribution < -0.4 is 5.73 Å². The van der Waals surface area contributed by atoms with Crippen LogP contribution in [0.25, 0.3) is 11.1 Å². The summed E-state index contributed by atoms with van der Waals surface area (Å²) in [5, 5.41) is 21.0. The normalized spacial score (nSPS) is 14.2. The van der Waals surface area contributed by atoms with Crippen LogP contribution >= 0.6 is 0 Å². The molecule has 8 heteroatoms. The molecule has 3 aromatic rings. The number of ether oxygens (including phenoxy) is 1. The van der Waals surface area contributed by atoms with Crippen molar-refractivity contribution in [2.75, 3.05) is 6.61 Å². The molecule has 32 heavy (non-hydrogen) atoms. The van der Waals surface area contributed by atoms with Crippen molar-refractivity contribution in [2.24, 2.45) is 5.73 Å². The number of carbonyl (C=O) groups is 2. The molecular formula is C24H20N2O6. The van der Waals surface area contributed by atoms with Crippen LogP contribution in [0.4, 0.5) is 5.69 Å². The van der Waals surface area contributed by atoms with Gasteiger partial charge in [0.25, 0.3) is 5.69 Å². The first-order valence-electron chi connectivity index (χ1n) is 9.93. The van der Waals surface area contributed by atoms with E-state index in [9.17, 15) is 24.8 Å². The summed E-state index contributed by atoms with van der Waals surface area (Å²) in [5.74, 6) is -3.03. The Hall–Kier alpha value is -4.04. The molecule has 0 heterocycles. The van der Waals surface area contributed by atoms with E-state index in [0.717, 1.165) is 22.3 Å². The Bertz CT molecular complexity index is 1180. The second-order valence-electron chi connectivity index (χ2n) is 7.66. The zero-order valence-electron chi connectivity index (χ0n) is 16.9. The number of para-hydroxylation sites is 1. The SMILES string of the molecule is NC(Cc1ccccc1[N+](=O)[O-])(C(=O)O)C(=O)OCC1c2ccccc2-c2ccccc21. The van der Waals surface area contributed by atoms with Gasteiger partial charge in [0.2, 0.25) is 5.54 Å². The third kappa shape index (κ3) is 3.61. The monoisotopic (exact) mass is 432 g/mol. The zero-order chi connectivity index (χ0) is 22.9. The quantitative estimate of drug-likeness (QED) is 0.253. The number of hydrogen-bond acceptors (Lipinski definition) is 6. The average molecular weight is 432 g/mol. The molecule has 1 atom stereocenters.